The van der Waals surface area contributed by atoms with Crippen LogP contribution in [0.1, 0.15) is 16.2 Å². The molecule has 0 bridgehead atoms. The molecular weight excluding hydrogens is 194 g/mol. The third-order valence-corrected chi connectivity index (χ3v) is 1.96. The second kappa shape index (κ2) is 3.53. The Labute approximate surface area is 86.0 Å². The summed E-state index contributed by atoms with van der Waals surface area (Å²) in [5, 5.41) is 18.4. The standard InChI is InChI=1S/C10H9N3O2/c1-7-9(10(14)15)12-13(11-7)8-5-3-2-4-6-8/h2-6H,1H3,(H,14,15)/p-1. The number of aromatic nitrogens is 3. The third-order valence-electron chi connectivity index (χ3n) is 1.96. The van der Waals surface area contributed by atoms with Gasteiger partial charge >= 0.3 is 0 Å². The predicted molar refractivity (Wildman–Crippen MR) is 50.4 cm³/mol. The SMILES string of the molecule is Cc1nn(-c2ccccc2)nc1C(=O)[O-]. The van der Waals surface area contributed by atoms with Crippen molar-refractivity contribution >= 4 is 5.97 Å². The van der Waals surface area contributed by atoms with Crippen molar-refractivity contribution in [2.24, 2.45) is 0 Å². The van der Waals surface area contributed by atoms with Gasteiger partial charge in [-0.25, -0.2) is 0 Å². The van der Waals surface area contributed by atoms with E-state index in [1.54, 1.807) is 19.1 Å². The molecule has 5 heteroatoms. The number of carboxylic acid groups (broad SMARTS) is 1. The molecule has 5 nitrogen and oxygen atoms in total. The lowest BCUT2D eigenvalue weighted by atomic mass is 10.3. The summed E-state index contributed by atoms with van der Waals surface area (Å²) < 4.78 is 0. The fourth-order valence-corrected chi connectivity index (χ4v) is 1.24. The fourth-order valence-electron chi connectivity index (χ4n) is 1.24. The Balaban J connectivity index is 2.48. The van der Waals surface area contributed by atoms with Gasteiger partial charge in [0.25, 0.3) is 0 Å². The quantitative estimate of drug-likeness (QED) is 0.684. The first-order chi connectivity index (χ1) is 7.18. The molecule has 0 radical (unpaired) electrons. The van der Waals surface area contributed by atoms with Gasteiger partial charge in [-0.1, -0.05) is 18.2 Å². The van der Waals surface area contributed by atoms with Crippen molar-refractivity contribution in [3.05, 3.63) is 41.7 Å². The number of nitrogens with zero attached hydrogens (tertiary/aromatic N) is 3. The van der Waals surface area contributed by atoms with E-state index in [0.717, 1.165) is 0 Å². The van der Waals surface area contributed by atoms with Crippen LogP contribution in [0.4, 0.5) is 0 Å². The van der Waals surface area contributed by atoms with E-state index in [2.05, 4.69) is 10.2 Å². The first-order valence-electron chi connectivity index (χ1n) is 4.39. The Morgan fingerprint density at radius 3 is 2.47 bits per heavy atom. The summed E-state index contributed by atoms with van der Waals surface area (Å²) in [5.41, 5.74) is 0.936. The van der Waals surface area contributed by atoms with Gasteiger partial charge in [0.2, 0.25) is 0 Å². The summed E-state index contributed by atoms with van der Waals surface area (Å²) >= 11 is 0. The summed E-state index contributed by atoms with van der Waals surface area (Å²) in [6.45, 7) is 1.58. The normalized spacial score (nSPS) is 10.2. The molecule has 1 heterocycles. The van der Waals surface area contributed by atoms with E-state index in [4.69, 9.17) is 0 Å². The first kappa shape index (κ1) is 9.39. The smallest absolute Gasteiger partial charge is 0.131 e. The van der Waals surface area contributed by atoms with Crippen LogP contribution in [0.25, 0.3) is 5.69 Å². The molecule has 15 heavy (non-hydrogen) atoms. The topological polar surface area (TPSA) is 70.8 Å². The maximum atomic E-state index is 10.6. The molecule has 0 aliphatic heterocycles. The Hall–Kier alpha value is -2.17. The molecule has 1 aromatic heterocycles. The molecule has 0 aliphatic carbocycles. The molecule has 0 unspecified atom stereocenters. The van der Waals surface area contributed by atoms with Gasteiger partial charge in [-0.05, 0) is 19.1 Å². The van der Waals surface area contributed by atoms with Gasteiger partial charge in [-0.2, -0.15) is 9.90 Å². The number of benzene rings is 1. The zero-order valence-electron chi connectivity index (χ0n) is 8.04. The van der Waals surface area contributed by atoms with Crippen molar-refractivity contribution in [1.82, 2.24) is 15.0 Å². The van der Waals surface area contributed by atoms with Gasteiger partial charge in [-0.15, -0.1) is 5.10 Å². The molecule has 76 valence electrons. The number of para-hydroxylation sites is 1. The number of hydrogen-bond donors (Lipinski definition) is 0. The van der Waals surface area contributed by atoms with Crippen LogP contribution < -0.4 is 5.11 Å². The minimum Gasteiger partial charge on any atom is -0.543 e. The Bertz CT molecular complexity index is 491. The number of hydrogen-bond acceptors (Lipinski definition) is 4. The molecular formula is C10H8N3O2-. The highest BCUT2D eigenvalue weighted by atomic mass is 16.4. The molecule has 0 N–H and O–H groups in total. The average Bonchev–Trinajstić information content (AvgIpc) is 2.62. The largest absolute Gasteiger partial charge is 0.543 e. The minimum absolute atomic E-state index is 0.126. The number of aryl methyl sites for hydroxylation is 1. The van der Waals surface area contributed by atoms with Crippen molar-refractivity contribution in [3.8, 4) is 5.69 Å². The van der Waals surface area contributed by atoms with E-state index in [1.165, 1.54) is 4.80 Å². The van der Waals surface area contributed by atoms with Crippen LogP contribution in [0.3, 0.4) is 0 Å². The first-order valence-corrected chi connectivity index (χ1v) is 4.39. The molecule has 1 aromatic carbocycles. The van der Waals surface area contributed by atoms with E-state index < -0.39 is 5.97 Å². The molecule has 0 atom stereocenters. The highest BCUT2D eigenvalue weighted by molar-refractivity contribution is 5.84. The summed E-state index contributed by atoms with van der Waals surface area (Å²) in [4.78, 5) is 11.9. The average molecular weight is 202 g/mol. The van der Waals surface area contributed by atoms with Gasteiger partial charge in [0, 0.05) is 0 Å². The Kier molecular flexibility index (Phi) is 2.21. The molecule has 2 rings (SSSR count). The van der Waals surface area contributed by atoms with E-state index in [0.29, 0.717) is 11.4 Å². The van der Waals surface area contributed by atoms with Gasteiger partial charge in [0.1, 0.15) is 5.69 Å². The highest BCUT2D eigenvalue weighted by Gasteiger charge is 2.08. The number of carboxylic acids is 1. The summed E-state index contributed by atoms with van der Waals surface area (Å²) in [5.74, 6) is -1.31. The monoisotopic (exact) mass is 202 g/mol. The minimum atomic E-state index is -1.31. The van der Waals surface area contributed by atoms with Gasteiger partial charge in [0.15, 0.2) is 0 Å². The lowest BCUT2D eigenvalue weighted by Crippen LogP contribution is -2.23. The number of aromatic carboxylic acids is 1. The summed E-state index contributed by atoms with van der Waals surface area (Å²) in [7, 11) is 0. The summed E-state index contributed by atoms with van der Waals surface area (Å²) in [6, 6.07) is 9.09. The van der Waals surface area contributed by atoms with Crippen LogP contribution in [-0.2, 0) is 0 Å². The van der Waals surface area contributed by atoms with E-state index in [9.17, 15) is 9.90 Å². The van der Waals surface area contributed by atoms with Crippen molar-refractivity contribution in [2.75, 3.05) is 0 Å². The summed E-state index contributed by atoms with van der Waals surface area (Å²) in [6.07, 6.45) is 0. The van der Waals surface area contributed by atoms with Crippen LogP contribution in [0.2, 0.25) is 0 Å². The lowest BCUT2D eigenvalue weighted by Gasteiger charge is -1.97. The predicted octanol–water partition coefficient (Wildman–Crippen LogP) is -0.0608. The molecule has 0 spiro atoms. The number of rotatable bonds is 2. The fraction of sp³-hybridized carbons (Fsp3) is 0.100. The van der Waals surface area contributed by atoms with Crippen LogP contribution in [0.5, 0.6) is 0 Å². The molecule has 0 fully saturated rings. The number of carbonyl (C=O) groups is 1. The van der Waals surface area contributed by atoms with E-state index in [1.807, 2.05) is 18.2 Å². The second-order valence-corrected chi connectivity index (χ2v) is 3.05. The molecule has 0 aliphatic rings. The van der Waals surface area contributed by atoms with Crippen LogP contribution in [-0.4, -0.2) is 21.0 Å². The zero-order valence-corrected chi connectivity index (χ0v) is 8.04. The maximum absolute atomic E-state index is 10.6. The van der Waals surface area contributed by atoms with Gasteiger partial charge in [-0.3, -0.25) is 0 Å². The Morgan fingerprint density at radius 1 is 1.27 bits per heavy atom. The van der Waals surface area contributed by atoms with E-state index >= 15 is 0 Å². The molecule has 0 amide bonds. The number of carbonyl (C=O) groups excluding carboxylic acids is 1. The van der Waals surface area contributed by atoms with Gasteiger partial charge in [0.05, 0.1) is 17.4 Å². The Morgan fingerprint density at radius 2 is 1.93 bits per heavy atom. The third kappa shape index (κ3) is 1.71. The van der Waals surface area contributed by atoms with Crippen LogP contribution >= 0.6 is 0 Å². The van der Waals surface area contributed by atoms with Gasteiger partial charge < -0.3 is 9.90 Å². The zero-order chi connectivity index (χ0) is 10.8. The van der Waals surface area contributed by atoms with Crippen molar-refractivity contribution in [3.63, 3.8) is 0 Å². The van der Waals surface area contributed by atoms with Crippen molar-refractivity contribution in [2.45, 2.75) is 6.92 Å². The molecule has 0 saturated heterocycles. The lowest BCUT2D eigenvalue weighted by molar-refractivity contribution is -0.255. The van der Waals surface area contributed by atoms with E-state index in [-0.39, 0.29) is 5.69 Å². The second-order valence-electron chi connectivity index (χ2n) is 3.05. The highest BCUT2D eigenvalue weighted by Crippen LogP contribution is 2.06. The van der Waals surface area contributed by atoms with Crippen LogP contribution in [0.15, 0.2) is 30.3 Å². The van der Waals surface area contributed by atoms with Crippen molar-refractivity contribution < 1.29 is 9.90 Å². The molecule has 2 aromatic rings. The molecule has 0 saturated carbocycles. The maximum Gasteiger partial charge on any atom is 0.131 e. The van der Waals surface area contributed by atoms with Crippen molar-refractivity contribution in [1.29, 1.82) is 0 Å². The van der Waals surface area contributed by atoms with Crippen LogP contribution in [0, 0.1) is 6.92 Å².